The van der Waals surface area contributed by atoms with Gasteiger partial charge in [0.25, 0.3) is 5.56 Å². The van der Waals surface area contributed by atoms with Gasteiger partial charge in [0.1, 0.15) is 4.47 Å². The average Bonchev–Trinajstić information content (AvgIpc) is 3.12. The zero-order valence-electron chi connectivity index (χ0n) is 10.3. The van der Waals surface area contributed by atoms with E-state index in [1.165, 1.54) is 23.9 Å². The molecule has 1 aromatic heterocycles. The highest BCUT2D eigenvalue weighted by Gasteiger charge is 2.40. The summed E-state index contributed by atoms with van der Waals surface area (Å²) < 4.78 is 2.03. The van der Waals surface area contributed by atoms with Crippen LogP contribution in [0.5, 0.6) is 0 Å². The molecule has 94 valence electrons. The van der Waals surface area contributed by atoms with Crippen molar-refractivity contribution in [3.63, 3.8) is 0 Å². The first-order chi connectivity index (χ1) is 8.12. The largest absolute Gasteiger partial charge is 0.382 e. The molecule has 0 radical (unpaired) electrons. The summed E-state index contributed by atoms with van der Waals surface area (Å²) in [5.74, 6) is 0. The van der Waals surface area contributed by atoms with Crippen LogP contribution in [0.3, 0.4) is 0 Å². The van der Waals surface area contributed by atoms with Crippen LogP contribution in [0, 0.1) is 5.41 Å². The van der Waals surface area contributed by atoms with E-state index < -0.39 is 0 Å². The van der Waals surface area contributed by atoms with Gasteiger partial charge in [0, 0.05) is 13.1 Å². The number of aromatic nitrogens is 2. The number of anilines is 1. The van der Waals surface area contributed by atoms with E-state index in [1.54, 1.807) is 6.20 Å². The second kappa shape index (κ2) is 4.80. The van der Waals surface area contributed by atoms with Crippen LogP contribution in [0.2, 0.25) is 0 Å². The van der Waals surface area contributed by atoms with E-state index in [0.29, 0.717) is 16.4 Å². The van der Waals surface area contributed by atoms with E-state index in [9.17, 15) is 4.79 Å². The number of hydrogen-bond acceptors (Lipinski definition) is 3. The van der Waals surface area contributed by atoms with Gasteiger partial charge >= 0.3 is 0 Å². The van der Waals surface area contributed by atoms with Crippen molar-refractivity contribution in [2.75, 3.05) is 11.9 Å². The van der Waals surface area contributed by atoms with Gasteiger partial charge in [-0.05, 0) is 47.5 Å². The Labute approximate surface area is 110 Å². The molecule has 17 heavy (non-hydrogen) atoms. The smallest absolute Gasteiger partial charge is 0.283 e. The number of hydrogen-bond donors (Lipinski definition) is 1. The fourth-order valence-electron chi connectivity index (χ4n) is 1.93. The standard InChI is InChI=1S/C12H18BrN3O/c1-3-12(5-6-12)8-14-9-7-15-16(4-2)11(17)10(9)13/h7,14H,3-6,8H2,1-2H3. The molecule has 0 aromatic carbocycles. The number of halogens is 1. The van der Waals surface area contributed by atoms with Crippen molar-refractivity contribution >= 4 is 21.6 Å². The molecule has 1 aromatic rings. The lowest BCUT2D eigenvalue weighted by molar-refractivity contribution is 0.520. The Hall–Kier alpha value is -0.840. The lowest BCUT2D eigenvalue weighted by Crippen LogP contribution is -2.24. The van der Waals surface area contributed by atoms with Gasteiger partial charge in [-0.2, -0.15) is 5.10 Å². The molecule has 1 heterocycles. The minimum absolute atomic E-state index is 0.0705. The van der Waals surface area contributed by atoms with E-state index >= 15 is 0 Å². The maximum absolute atomic E-state index is 11.8. The van der Waals surface area contributed by atoms with Gasteiger partial charge in [-0.1, -0.05) is 6.92 Å². The Balaban J connectivity index is 2.12. The fraction of sp³-hybridized carbons (Fsp3) is 0.667. The van der Waals surface area contributed by atoms with Gasteiger partial charge < -0.3 is 5.32 Å². The molecule has 1 N–H and O–H groups in total. The molecule has 1 saturated carbocycles. The van der Waals surface area contributed by atoms with Crippen molar-refractivity contribution in [3.05, 3.63) is 21.0 Å². The first-order valence-corrected chi connectivity index (χ1v) is 6.90. The maximum atomic E-state index is 11.8. The summed E-state index contributed by atoms with van der Waals surface area (Å²) >= 11 is 3.35. The summed E-state index contributed by atoms with van der Waals surface area (Å²) in [6, 6.07) is 0. The number of nitrogens with zero attached hydrogens (tertiary/aromatic N) is 2. The summed E-state index contributed by atoms with van der Waals surface area (Å²) in [6.07, 6.45) is 5.49. The minimum atomic E-state index is -0.0705. The van der Waals surface area contributed by atoms with Gasteiger partial charge in [0.2, 0.25) is 0 Å². The van der Waals surface area contributed by atoms with E-state index in [2.05, 4.69) is 33.3 Å². The van der Waals surface area contributed by atoms with Crippen LogP contribution in [0.25, 0.3) is 0 Å². The van der Waals surface area contributed by atoms with E-state index in [4.69, 9.17) is 0 Å². The molecule has 0 atom stereocenters. The predicted molar refractivity (Wildman–Crippen MR) is 72.3 cm³/mol. The molecular formula is C12H18BrN3O. The van der Waals surface area contributed by atoms with Crippen molar-refractivity contribution in [1.82, 2.24) is 9.78 Å². The average molecular weight is 300 g/mol. The van der Waals surface area contributed by atoms with Crippen LogP contribution in [0.4, 0.5) is 5.69 Å². The molecule has 0 aliphatic heterocycles. The quantitative estimate of drug-likeness (QED) is 0.909. The molecule has 2 rings (SSSR count). The number of nitrogens with one attached hydrogen (secondary N) is 1. The molecule has 0 bridgehead atoms. The third-order valence-corrected chi connectivity index (χ3v) is 4.41. The Morgan fingerprint density at radius 3 is 2.76 bits per heavy atom. The first-order valence-electron chi connectivity index (χ1n) is 6.11. The first kappa shape index (κ1) is 12.6. The summed E-state index contributed by atoms with van der Waals surface area (Å²) in [6.45, 7) is 5.65. The zero-order chi connectivity index (χ0) is 12.5. The molecule has 1 fully saturated rings. The zero-order valence-corrected chi connectivity index (χ0v) is 11.9. The third kappa shape index (κ3) is 2.54. The van der Waals surface area contributed by atoms with Crippen LogP contribution in [0.1, 0.15) is 33.1 Å². The van der Waals surface area contributed by atoms with Crippen LogP contribution in [-0.2, 0) is 6.54 Å². The van der Waals surface area contributed by atoms with Crippen molar-refractivity contribution < 1.29 is 0 Å². The minimum Gasteiger partial charge on any atom is -0.382 e. The summed E-state index contributed by atoms with van der Waals surface area (Å²) in [5, 5.41) is 7.45. The molecular weight excluding hydrogens is 282 g/mol. The predicted octanol–water partition coefficient (Wildman–Crippen LogP) is 2.63. The van der Waals surface area contributed by atoms with Gasteiger partial charge in [-0.3, -0.25) is 4.79 Å². The van der Waals surface area contributed by atoms with E-state index in [0.717, 1.165) is 12.2 Å². The van der Waals surface area contributed by atoms with Gasteiger partial charge in [-0.15, -0.1) is 0 Å². The normalized spacial score (nSPS) is 16.9. The number of rotatable bonds is 5. The molecule has 1 aliphatic carbocycles. The van der Waals surface area contributed by atoms with Crippen molar-refractivity contribution in [2.24, 2.45) is 5.41 Å². The Morgan fingerprint density at radius 1 is 1.53 bits per heavy atom. The highest BCUT2D eigenvalue weighted by molar-refractivity contribution is 9.10. The van der Waals surface area contributed by atoms with E-state index in [-0.39, 0.29) is 5.56 Å². The summed E-state index contributed by atoms with van der Waals surface area (Å²) in [5.41, 5.74) is 1.19. The van der Waals surface area contributed by atoms with Gasteiger partial charge in [0.05, 0.1) is 11.9 Å². The molecule has 1 aliphatic rings. The Kier molecular flexibility index (Phi) is 3.56. The summed E-state index contributed by atoms with van der Waals surface area (Å²) in [7, 11) is 0. The van der Waals surface area contributed by atoms with Gasteiger partial charge in [-0.25, -0.2) is 4.68 Å². The summed E-state index contributed by atoms with van der Waals surface area (Å²) in [4.78, 5) is 11.8. The molecule has 0 saturated heterocycles. The fourth-order valence-corrected chi connectivity index (χ4v) is 2.38. The SMILES string of the molecule is CCn1ncc(NCC2(CC)CC2)c(Br)c1=O. The van der Waals surface area contributed by atoms with Crippen molar-refractivity contribution in [2.45, 2.75) is 39.7 Å². The lowest BCUT2D eigenvalue weighted by atomic mass is 10.0. The highest BCUT2D eigenvalue weighted by atomic mass is 79.9. The maximum Gasteiger partial charge on any atom is 0.283 e. The Morgan fingerprint density at radius 2 is 2.24 bits per heavy atom. The topological polar surface area (TPSA) is 46.9 Å². The lowest BCUT2D eigenvalue weighted by Gasteiger charge is -2.15. The highest BCUT2D eigenvalue weighted by Crippen LogP contribution is 2.48. The number of aryl methyl sites for hydroxylation is 1. The Bertz CT molecular complexity index is 465. The monoisotopic (exact) mass is 299 g/mol. The second-order valence-electron chi connectivity index (χ2n) is 4.70. The van der Waals surface area contributed by atoms with Crippen LogP contribution in [0.15, 0.2) is 15.5 Å². The van der Waals surface area contributed by atoms with Crippen LogP contribution < -0.4 is 10.9 Å². The van der Waals surface area contributed by atoms with E-state index in [1.807, 2.05) is 6.92 Å². The second-order valence-corrected chi connectivity index (χ2v) is 5.49. The third-order valence-electron chi connectivity index (χ3n) is 3.65. The molecule has 4 nitrogen and oxygen atoms in total. The van der Waals surface area contributed by atoms with Crippen molar-refractivity contribution in [1.29, 1.82) is 0 Å². The molecule has 0 amide bonds. The molecule has 0 unspecified atom stereocenters. The van der Waals surface area contributed by atoms with Crippen LogP contribution in [-0.4, -0.2) is 16.3 Å². The van der Waals surface area contributed by atoms with Crippen LogP contribution >= 0.6 is 15.9 Å². The molecule has 5 heteroatoms. The van der Waals surface area contributed by atoms with Crippen molar-refractivity contribution in [3.8, 4) is 0 Å². The van der Waals surface area contributed by atoms with Gasteiger partial charge in [0.15, 0.2) is 0 Å². The molecule has 0 spiro atoms.